The van der Waals surface area contributed by atoms with Gasteiger partial charge in [0.15, 0.2) is 0 Å². The number of benzene rings is 2. The van der Waals surface area contributed by atoms with Gasteiger partial charge in [-0.05, 0) is 29.8 Å². The molecular formula is C19H17BrN2O. The lowest BCUT2D eigenvalue weighted by molar-refractivity contribution is 0.0399. The number of fused-ring (bicyclic) bond motifs is 1. The Kier molecular flexibility index (Phi) is 4.02. The quantitative estimate of drug-likeness (QED) is 0.662. The van der Waals surface area contributed by atoms with E-state index >= 15 is 0 Å². The van der Waals surface area contributed by atoms with Gasteiger partial charge >= 0.3 is 0 Å². The van der Waals surface area contributed by atoms with E-state index in [0.717, 1.165) is 29.7 Å². The van der Waals surface area contributed by atoms with E-state index < -0.39 is 0 Å². The van der Waals surface area contributed by atoms with Crippen molar-refractivity contribution in [1.82, 2.24) is 4.98 Å². The molecule has 1 aliphatic heterocycles. The second-order valence-electron chi connectivity index (χ2n) is 5.71. The topological polar surface area (TPSA) is 25.4 Å². The minimum atomic E-state index is 0.111. The average Bonchev–Trinajstić information content (AvgIpc) is 2.62. The fraction of sp³-hybridized carbons (Fsp3) is 0.211. The highest BCUT2D eigenvalue weighted by Crippen LogP contribution is 2.31. The first kappa shape index (κ1) is 14.7. The second kappa shape index (κ2) is 6.30. The van der Waals surface area contributed by atoms with Gasteiger partial charge in [-0.25, -0.2) is 0 Å². The van der Waals surface area contributed by atoms with Crippen LogP contribution in [0.4, 0.5) is 5.69 Å². The molecule has 2 heterocycles. The average molecular weight is 369 g/mol. The summed E-state index contributed by atoms with van der Waals surface area (Å²) in [5, 5.41) is 1.18. The summed E-state index contributed by atoms with van der Waals surface area (Å²) in [4.78, 5) is 6.88. The first-order valence-electron chi connectivity index (χ1n) is 7.77. The third kappa shape index (κ3) is 2.96. The molecule has 23 heavy (non-hydrogen) atoms. The highest BCUT2D eigenvalue weighted by atomic mass is 79.9. The number of hydrogen-bond donors (Lipinski definition) is 0. The number of aromatic nitrogens is 1. The molecule has 1 aliphatic rings. The molecule has 4 rings (SSSR count). The normalized spacial score (nSPS) is 18.3. The zero-order valence-electron chi connectivity index (χ0n) is 12.7. The van der Waals surface area contributed by atoms with Crippen molar-refractivity contribution in [3.63, 3.8) is 0 Å². The molecule has 116 valence electrons. The number of rotatable bonds is 2. The highest BCUT2D eigenvalue weighted by Gasteiger charge is 2.23. The van der Waals surface area contributed by atoms with Crippen LogP contribution in [0.5, 0.6) is 0 Å². The molecule has 4 heteroatoms. The summed E-state index contributed by atoms with van der Waals surface area (Å²) in [7, 11) is 0. The summed E-state index contributed by atoms with van der Waals surface area (Å²) >= 11 is 3.57. The first-order chi connectivity index (χ1) is 11.3. The Morgan fingerprint density at radius 3 is 2.83 bits per heavy atom. The van der Waals surface area contributed by atoms with Crippen molar-refractivity contribution < 1.29 is 4.74 Å². The van der Waals surface area contributed by atoms with Crippen molar-refractivity contribution in [3.8, 4) is 0 Å². The molecule has 0 radical (unpaired) electrons. The van der Waals surface area contributed by atoms with E-state index in [1.54, 1.807) is 0 Å². The number of nitrogens with zero attached hydrogens (tertiary/aromatic N) is 2. The van der Waals surface area contributed by atoms with Crippen LogP contribution in [0, 0.1) is 0 Å². The van der Waals surface area contributed by atoms with Crippen molar-refractivity contribution in [1.29, 1.82) is 0 Å². The lowest BCUT2D eigenvalue weighted by atomic mass is 10.1. The molecule has 3 nitrogen and oxygen atoms in total. The predicted molar refractivity (Wildman–Crippen MR) is 96.8 cm³/mol. The van der Waals surface area contributed by atoms with Gasteiger partial charge in [-0.15, -0.1) is 0 Å². The molecule has 0 bridgehead atoms. The molecule has 1 aromatic heterocycles. The maximum Gasteiger partial charge on any atom is 0.100 e. The maximum atomic E-state index is 5.98. The van der Waals surface area contributed by atoms with Crippen molar-refractivity contribution in [2.75, 3.05) is 24.6 Å². The van der Waals surface area contributed by atoms with Crippen LogP contribution < -0.4 is 4.90 Å². The fourth-order valence-corrected chi connectivity index (χ4v) is 3.48. The van der Waals surface area contributed by atoms with Crippen LogP contribution in [-0.4, -0.2) is 24.7 Å². The van der Waals surface area contributed by atoms with Crippen molar-refractivity contribution in [3.05, 3.63) is 70.8 Å². The lowest BCUT2D eigenvalue weighted by Crippen LogP contribution is -2.38. The van der Waals surface area contributed by atoms with Gasteiger partial charge in [0, 0.05) is 34.8 Å². The van der Waals surface area contributed by atoms with Crippen LogP contribution in [0.1, 0.15) is 11.7 Å². The minimum Gasteiger partial charge on any atom is -0.370 e. The summed E-state index contributed by atoms with van der Waals surface area (Å²) in [5.41, 5.74) is 3.48. The number of ether oxygens (including phenoxy) is 1. The van der Waals surface area contributed by atoms with Gasteiger partial charge in [-0.1, -0.05) is 46.3 Å². The van der Waals surface area contributed by atoms with Crippen molar-refractivity contribution >= 4 is 32.5 Å². The Morgan fingerprint density at radius 2 is 1.96 bits per heavy atom. The molecule has 0 saturated carbocycles. The molecule has 2 aromatic carbocycles. The van der Waals surface area contributed by atoms with Gasteiger partial charge in [0.2, 0.25) is 0 Å². The van der Waals surface area contributed by atoms with Crippen LogP contribution in [0.2, 0.25) is 0 Å². The van der Waals surface area contributed by atoms with E-state index in [1.807, 2.05) is 18.3 Å². The SMILES string of the molecule is Brc1ccc2nccc(N3CCO[C@@H](c4ccccc4)C3)c2c1. The molecule has 1 saturated heterocycles. The Bertz CT molecular complexity index is 822. The van der Waals surface area contributed by atoms with E-state index in [1.165, 1.54) is 16.6 Å². The summed E-state index contributed by atoms with van der Waals surface area (Å²) in [5.74, 6) is 0. The molecule has 0 aliphatic carbocycles. The lowest BCUT2D eigenvalue weighted by Gasteiger charge is -2.35. The van der Waals surface area contributed by atoms with E-state index in [4.69, 9.17) is 4.74 Å². The molecule has 1 fully saturated rings. The third-order valence-electron chi connectivity index (χ3n) is 4.26. The number of hydrogen-bond acceptors (Lipinski definition) is 3. The second-order valence-corrected chi connectivity index (χ2v) is 6.62. The number of anilines is 1. The van der Waals surface area contributed by atoms with Gasteiger partial charge in [-0.2, -0.15) is 0 Å². The van der Waals surface area contributed by atoms with Crippen molar-refractivity contribution in [2.24, 2.45) is 0 Å². The Labute approximate surface area is 144 Å². The van der Waals surface area contributed by atoms with Crippen molar-refractivity contribution in [2.45, 2.75) is 6.10 Å². The van der Waals surface area contributed by atoms with Gasteiger partial charge < -0.3 is 9.64 Å². The predicted octanol–water partition coefficient (Wildman–Crippen LogP) is 4.58. The molecule has 1 atom stereocenters. The highest BCUT2D eigenvalue weighted by molar-refractivity contribution is 9.10. The summed E-state index contributed by atoms with van der Waals surface area (Å²) in [6.45, 7) is 2.49. The number of pyridine rings is 1. The Morgan fingerprint density at radius 1 is 1.09 bits per heavy atom. The van der Waals surface area contributed by atoms with Gasteiger partial charge in [-0.3, -0.25) is 4.98 Å². The fourth-order valence-electron chi connectivity index (χ4n) is 3.12. The molecule has 0 amide bonds. The molecular weight excluding hydrogens is 352 g/mol. The third-order valence-corrected chi connectivity index (χ3v) is 4.75. The standard InChI is InChI=1S/C19H17BrN2O/c20-15-6-7-17-16(12-15)18(8-9-21-17)22-10-11-23-19(13-22)14-4-2-1-3-5-14/h1-9,12,19H,10-11,13H2/t19-/m1/s1. The Balaban J connectivity index is 1.69. The monoisotopic (exact) mass is 368 g/mol. The van der Waals surface area contributed by atoms with Crippen LogP contribution >= 0.6 is 15.9 Å². The molecule has 3 aromatic rings. The van der Waals surface area contributed by atoms with E-state index in [0.29, 0.717) is 0 Å². The zero-order valence-corrected chi connectivity index (χ0v) is 14.2. The summed E-state index contributed by atoms with van der Waals surface area (Å²) < 4.78 is 7.06. The van der Waals surface area contributed by atoms with E-state index in [2.05, 4.69) is 68.3 Å². The van der Waals surface area contributed by atoms with Crippen LogP contribution in [-0.2, 0) is 4.74 Å². The summed E-state index contributed by atoms with van der Waals surface area (Å²) in [6.07, 6.45) is 2.00. The Hall–Kier alpha value is -1.91. The molecule has 0 spiro atoms. The van der Waals surface area contributed by atoms with Gasteiger partial charge in [0.05, 0.1) is 12.1 Å². The largest absolute Gasteiger partial charge is 0.370 e. The minimum absolute atomic E-state index is 0.111. The first-order valence-corrected chi connectivity index (χ1v) is 8.56. The van der Waals surface area contributed by atoms with Crippen LogP contribution in [0.25, 0.3) is 10.9 Å². The molecule has 0 N–H and O–H groups in total. The number of halogens is 1. The number of morpholine rings is 1. The van der Waals surface area contributed by atoms with Gasteiger partial charge in [0.1, 0.15) is 6.10 Å². The maximum absolute atomic E-state index is 5.98. The zero-order chi connectivity index (χ0) is 15.6. The van der Waals surface area contributed by atoms with E-state index in [-0.39, 0.29) is 6.10 Å². The van der Waals surface area contributed by atoms with Crippen LogP contribution in [0.3, 0.4) is 0 Å². The van der Waals surface area contributed by atoms with E-state index in [9.17, 15) is 0 Å². The smallest absolute Gasteiger partial charge is 0.100 e. The molecule has 0 unspecified atom stereocenters. The summed E-state index contributed by atoms with van der Waals surface area (Å²) in [6, 6.07) is 18.8. The van der Waals surface area contributed by atoms with Gasteiger partial charge in [0.25, 0.3) is 0 Å². The van der Waals surface area contributed by atoms with Crippen LogP contribution in [0.15, 0.2) is 65.3 Å².